The summed E-state index contributed by atoms with van der Waals surface area (Å²) < 4.78 is 0. The fourth-order valence-electron chi connectivity index (χ4n) is 7.90. The topological polar surface area (TPSA) is 0 Å². The maximum atomic E-state index is 2.71. The maximum absolute atomic E-state index is 2.71. The van der Waals surface area contributed by atoms with E-state index in [-0.39, 0.29) is 6.71 Å². The molecule has 2 aliphatic heterocycles. The summed E-state index contributed by atoms with van der Waals surface area (Å²) in [4.78, 5) is 0. The Bertz CT molecular complexity index is 2140. The average molecular weight is 573 g/mol. The summed E-state index contributed by atoms with van der Waals surface area (Å²) in [5.41, 5.74) is 15.0. The van der Waals surface area contributed by atoms with Gasteiger partial charge in [-0.3, -0.25) is 0 Å². The van der Waals surface area contributed by atoms with Crippen LogP contribution in [0.25, 0.3) is 32.7 Å². The Morgan fingerprint density at radius 3 is 1.34 bits per heavy atom. The summed E-state index contributed by atoms with van der Waals surface area (Å²) in [5.74, 6) is 0. The summed E-state index contributed by atoms with van der Waals surface area (Å²) >= 11 is 0. The fraction of sp³-hybridized carbons (Fsp3) is 0. The van der Waals surface area contributed by atoms with Gasteiger partial charge in [-0.2, -0.15) is 0 Å². The third-order valence-electron chi connectivity index (χ3n) is 9.76. The lowest BCUT2D eigenvalue weighted by Gasteiger charge is -2.37. The Balaban J connectivity index is 1.40. The minimum atomic E-state index is -2.53. The van der Waals surface area contributed by atoms with E-state index in [1.807, 2.05) is 0 Å². The normalized spacial score (nSPS) is 14.8. The van der Waals surface area contributed by atoms with E-state index in [0.29, 0.717) is 0 Å². The first-order valence-electron chi connectivity index (χ1n) is 15.5. The first-order chi connectivity index (χ1) is 21.8. The summed E-state index contributed by atoms with van der Waals surface area (Å²) in [5, 5.41) is 8.16. The molecule has 0 aromatic heterocycles. The van der Waals surface area contributed by atoms with E-state index in [0.717, 1.165) is 0 Å². The molecule has 204 valence electrons. The first kappa shape index (κ1) is 25.3. The standard InChI is InChI=1S/C42H29BSi/c1-2-18-32(19-3-1)43-39-24-8-10-26-41(39)44(42-27-11-9-25-40(42)43)28-37(35-22-12-16-30-14-4-6-20-33(30)35)38(29-44)36-23-13-17-31-15-5-7-21-34(31)36/h1-29H. The van der Waals surface area contributed by atoms with Crippen LogP contribution in [0.1, 0.15) is 11.1 Å². The zero-order chi connectivity index (χ0) is 29.1. The van der Waals surface area contributed by atoms with E-state index >= 15 is 0 Å². The highest BCUT2D eigenvalue weighted by Gasteiger charge is 2.48. The lowest BCUT2D eigenvalue weighted by Crippen LogP contribution is -2.77. The molecule has 0 N–H and O–H groups in total. The van der Waals surface area contributed by atoms with Crippen molar-refractivity contribution in [1.82, 2.24) is 0 Å². The van der Waals surface area contributed by atoms with Crippen LogP contribution in [0.5, 0.6) is 0 Å². The lowest BCUT2D eigenvalue weighted by molar-refractivity contribution is 1.65. The molecular formula is C42H29BSi. The fourth-order valence-corrected chi connectivity index (χ4v) is 12.6. The van der Waals surface area contributed by atoms with Crippen molar-refractivity contribution in [2.45, 2.75) is 0 Å². The van der Waals surface area contributed by atoms with Crippen LogP contribution in [0.2, 0.25) is 0 Å². The van der Waals surface area contributed by atoms with Crippen molar-refractivity contribution in [2.75, 3.05) is 0 Å². The van der Waals surface area contributed by atoms with Gasteiger partial charge in [0.15, 0.2) is 8.07 Å². The van der Waals surface area contributed by atoms with Gasteiger partial charge in [-0.1, -0.05) is 202 Å². The number of hydrogen-bond acceptors (Lipinski definition) is 0. The summed E-state index contributed by atoms with van der Waals surface area (Å²) in [6.07, 6.45) is 0. The van der Waals surface area contributed by atoms with Crippen molar-refractivity contribution in [3.8, 4) is 0 Å². The molecule has 2 aliphatic rings. The molecule has 2 heterocycles. The van der Waals surface area contributed by atoms with Crippen LogP contribution >= 0.6 is 0 Å². The molecule has 0 saturated heterocycles. The molecule has 7 aromatic rings. The Kier molecular flexibility index (Phi) is 5.72. The molecule has 2 heteroatoms. The van der Waals surface area contributed by atoms with Crippen molar-refractivity contribution >= 4 is 74.2 Å². The van der Waals surface area contributed by atoms with Crippen molar-refractivity contribution in [3.05, 3.63) is 186 Å². The molecule has 0 fully saturated rings. The van der Waals surface area contributed by atoms with Gasteiger partial charge in [0.1, 0.15) is 0 Å². The number of fused-ring (bicyclic) bond motifs is 6. The largest absolute Gasteiger partial charge is 0.240 e. The van der Waals surface area contributed by atoms with E-state index in [1.165, 1.54) is 70.6 Å². The smallest absolute Gasteiger partial charge is 0.0737 e. The number of rotatable bonds is 3. The van der Waals surface area contributed by atoms with Gasteiger partial charge in [0.25, 0.3) is 0 Å². The van der Waals surface area contributed by atoms with E-state index in [9.17, 15) is 0 Å². The van der Waals surface area contributed by atoms with Gasteiger partial charge < -0.3 is 0 Å². The third-order valence-corrected chi connectivity index (χ3v) is 13.9. The third kappa shape index (κ3) is 3.71. The Hall–Kier alpha value is -5.18. The van der Waals surface area contributed by atoms with Gasteiger partial charge in [0, 0.05) is 0 Å². The van der Waals surface area contributed by atoms with E-state index < -0.39 is 8.07 Å². The van der Waals surface area contributed by atoms with Gasteiger partial charge in [0.05, 0.1) is 0 Å². The lowest BCUT2D eigenvalue weighted by atomic mass is 9.36. The van der Waals surface area contributed by atoms with Crippen LogP contribution in [-0.4, -0.2) is 14.8 Å². The van der Waals surface area contributed by atoms with Crippen LogP contribution < -0.4 is 26.8 Å². The van der Waals surface area contributed by atoms with Gasteiger partial charge >= 0.3 is 0 Å². The predicted molar refractivity (Wildman–Crippen MR) is 193 cm³/mol. The van der Waals surface area contributed by atoms with Crippen LogP contribution in [0, 0.1) is 0 Å². The minimum Gasteiger partial charge on any atom is -0.0737 e. The molecule has 0 bridgehead atoms. The molecule has 44 heavy (non-hydrogen) atoms. The van der Waals surface area contributed by atoms with Crippen molar-refractivity contribution in [1.29, 1.82) is 0 Å². The SMILES string of the molecule is C1=C(c2cccc3ccccc23)C(c2cccc3ccccc23)=C[Si]12c1ccccc1B(c1ccccc1)c1ccccc12. The highest BCUT2D eigenvalue weighted by atomic mass is 28.3. The van der Waals surface area contributed by atoms with E-state index in [2.05, 4.69) is 175 Å². The Morgan fingerprint density at radius 1 is 0.364 bits per heavy atom. The molecule has 0 nitrogen and oxygen atoms in total. The van der Waals surface area contributed by atoms with E-state index in [4.69, 9.17) is 0 Å². The van der Waals surface area contributed by atoms with Crippen molar-refractivity contribution in [3.63, 3.8) is 0 Å². The van der Waals surface area contributed by atoms with Gasteiger partial charge in [0.2, 0.25) is 6.71 Å². The molecule has 0 radical (unpaired) electrons. The molecule has 0 amide bonds. The molecule has 0 atom stereocenters. The van der Waals surface area contributed by atoms with Crippen LogP contribution in [0.3, 0.4) is 0 Å². The second kappa shape index (κ2) is 9.94. The minimum absolute atomic E-state index is 0.214. The van der Waals surface area contributed by atoms with Gasteiger partial charge in [-0.25, -0.2) is 0 Å². The second-order valence-electron chi connectivity index (χ2n) is 12.1. The average Bonchev–Trinajstić information content (AvgIpc) is 3.49. The van der Waals surface area contributed by atoms with Crippen LogP contribution in [0.4, 0.5) is 0 Å². The van der Waals surface area contributed by atoms with Crippen molar-refractivity contribution in [2.24, 2.45) is 0 Å². The molecular weight excluding hydrogens is 543 g/mol. The summed E-state index contributed by atoms with van der Waals surface area (Å²) in [6.45, 7) is 0.214. The van der Waals surface area contributed by atoms with Gasteiger partial charge in [-0.15, -0.1) is 0 Å². The summed E-state index contributed by atoms with van der Waals surface area (Å²) in [7, 11) is -2.53. The quantitative estimate of drug-likeness (QED) is 0.208. The monoisotopic (exact) mass is 572 g/mol. The Labute approximate surface area is 259 Å². The highest BCUT2D eigenvalue weighted by Crippen LogP contribution is 2.43. The van der Waals surface area contributed by atoms with Crippen molar-refractivity contribution < 1.29 is 0 Å². The number of benzene rings is 7. The van der Waals surface area contributed by atoms with Crippen LogP contribution in [-0.2, 0) is 0 Å². The first-order valence-corrected chi connectivity index (χ1v) is 17.6. The summed E-state index contributed by atoms with van der Waals surface area (Å²) in [6, 6.07) is 60.9. The van der Waals surface area contributed by atoms with Crippen LogP contribution in [0.15, 0.2) is 175 Å². The molecule has 0 saturated carbocycles. The zero-order valence-corrected chi connectivity index (χ0v) is 25.3. The highest BCUT2D eigenvalue weighted by molar-refractivity contribution is 7.20. The molecule has 9 rings (SSSR count). The number of hydrogen-bond donors (Lipinski definition) is 0. The second-order valence-corrected chi connectivity index (χ2v) is 15.4. The number of allylic oxidation sites excluding steroid dienone is 2. The van der Waals surface area contributed by atoms with Gasteiger partial charge in [-0.05, 0) is 43.8 Å². The predicted octanol–water partition coefficient (Wildman–Crippen LogP) is 6.64. The molecule has 1 spiro atoms. The Morgan fingerprint density at radius 2 is 0.795 bits per heavy atom. The molecule has 0 aliphatic carbocycles. The van der Waals surface area contributed by atoms with E-state index in [1.54, 1.807) is 0 Å². The molecule has 0 unspecified atom stereocenters. The zero-order valence-electron chi connectivity index (χ0n) is 24.3. The maximum Gasteiger partial charge on any atom is 0.240 e. The molecule has 7 aromatic carbocycles.